The van der Waals surface area contributed by atoms with Gasteiger partial charge in [-0.15, -0.1) is 0 Å². The van der Waals surface area contributed by atoms with Crippen LogP contribution in [0.4, 0.5) is 15.8 Å². The van der Waals surface area contributed by atoms with Crippen LogP contribution in [0, 0.1) is 26.6 Å². The van der Waals surface area contributed by atoms with Gasteiger partial charge in [0.15, 0.2) is 0 Å². The summed E-state index contributed by atoms with van der Waals surface area (Å²) in [6.07, 6.45) is 0.0654. The van der Waals surface area contributed by atoms with E-state index >= 15 is 0 Å². The van der Waals surface area contributed by atoms with Gasteiger partial charge < -0.3 is 11.1 Å². The molecule has 7 nitrogen and oxygen atoms in total. The van der Waals surface area contributed by atoms with Crippen LogP contribution in [0.15, 0.2) is 35.4 Å². The van der Waals surface area contributed by atoms with Gasteiger partial charge in [0, 0.05) is 12.1 Å². The predicted molar refractivity (Wildman–Crippen MR) is 101 cm³/mol. The van der Waals surface area contributed by atoms with Crippen molar-refractivity contribution >= 4 is 28.9 Å². The first-order chi connectivity index (χ1) is 12.8. The second kappa shape index (κ2) is 7.14. The van der Waals surface area contributed by atoms with Crippen LogP contribution in [0.3, 0.4) is 0 Å². The Hall–Kier alpha value is -3.29. The van der Waals surface area contributed by atoms with E-state index in [1.165, 1.54) is 29.3 Å². The van der Waals surface area contributed by atoms with E-state index in [-0.39, 0.29) is 12.1 Å². The third-order valence-corrected chi connectivity index (χ3v) is 4.36. The first kappa shape index (κ1) is 18.5. The quantitative estimate of drug-likeness (QED) is 0.863. The van der Waals surface area contributed by atoms with Crippen LogP contribution in [0.2, 0.25) is 0 Å². The normalized spacial score (nSPS) is 16.2. The number of anilines is 2. The lowest BCUT2D eigenvalue weighted by Gasteiger charge is -2.20. The average molecular weight is 369 g/mol. The van der Waals surface area contributed by atoms with Gasteiger partial charge in [-0.05, 0) is 56.7 Å². The maximum absolute atomic E-state index is 13.2. The molecule has 0 fully saturated rings. The van der Waals surface area contributed by atoms with Crippen LogP contribution in [-0.2, 0) is 9.59 Å². The van der Waals surface area contributed by atoms with E-state index in [0.717, 1.165) is 11.3 Å². The summed E-state index contributed by atoms with van der Waals surface area (Å²) in [5.74, 6) is -1.45. The second-order valence-electron chi connectivity index (χ2n) is 6.49. The standard InChI is InChI=1S/C19H20FN5O2/c1-10-8-11(2)22-12(3)17(10)23-19(27)15-9-16(18(21)26)25(24-15)14-6-4-13(20)5-7-14/h4-8,16H,9H2,1-3H3,(H2,21,26)(H,23,27). The highest BCUT2D eigenvalue weighted by Crippen LogP contribution is 2.26. The summed E-state index contributed by atoms with van der Waals surface area (Å²) < 4.78 is 13.2. The average Bonchev–Trinajstić information content (AvgIpc) is 3.04. The molecule has 27 heavy (non-hydrogen) atoms. The minimum atomic E-state index is -0.811. The van der Waals surface area contributed by atoms with Gasteiger partial charge in [-0.3, -0.25) is 19.6 Å². The number of aryl methyl sites for hydroxylation is 3. The molecule has 2 aromatic rings. The number of hydrogen-bond acceptors (Lipinski definition) is 5. The number of carbonyl (C=O) groups excluding carboxylic acids is 2. The number of aromatic nitrogens is 1. The monoisotopic (exact) mass is 369 g/mol. The van der Waals surface area contributed by atoms with Crippen molar-refractivity contribution in [3.63, 3.8) is 0 Å². The number of carbonyl (C=O) groups is 2. The summed E-state index contributed by atoms with van der Waals surface area (Å²) in [6, 6.07) is 6.53. The van der Waals surface area contributed by atoms with Crippen molar-refractivity contribution in [3.05, 3.63) is 53.1 Å². The molecule has 0 bridgehead atoms. The summed E-state index contributed by atoms with van der Waals surface area (Å²) in [4.78, 5) is 28.9. The van der Waals surface area contributed by atoms with Gasteiger partial charge in [0.2, 0.25) is 5.91 Å². The van der Waals surface area contributed by atoms with E-state index in [4.69, 9.17) is 5.73 Å². The smallest absolute Gasteiger partial charge is 0.272 e. The first-order valence-electron chi connectivity index (χ1n) is 8.44. The number of amides is 2. The number of nitrogens with one attached hydrogen (secondary N) is 1. The zero-order valence-corrected chi connectivity index (χ0v) is 15.3. The van der Waals surface area contributed by atoms with Gasteiger partial charge in [0.25, 0.3) is 5.91 Å². The topological polar surface area (TPSA) is 101 Å². The molecule has 1 atom stereocenters. The van der Waals surface area contributed by atoms with Gasteiger partial charge >= 0.3 is 0 Å². The van der Waals surface area contributed by atoms with E-state index in [0.29, 0.717) is 17.1 Å². The highest BCUT2D eigenvalue weighted by atomic mass is 19.1. The second-order valence-corrected chi connectivity index (χ2v) is 6.49. The van der Waals surface area contributed by atoms with E-state index in [9.17, 15) is 14.0 Å². The zero-order valence-electron chi connectivity index (χ0n) is 15.3. The Bertz CT molecular complexity index is 917. The van der Waals surface area contributed by atoms with Gasteiger partial charge in [-0.1, -0.05) is 0 Å². The molecule has 1 unspecified atom stereocenters. The third-order valence-electron chi connectivity index (χ3n) is 4.36. The molecule has 140 valence electrons. The molecule has 2 heterocycles. The van der Waals surface area contributed by atoms with E-state index < -0.39 is 23.7 Å². The maximum Gasteiger partial charge on any atom is 0.272 e. The number of primary amides is 1. The van der Waals surface area contributed by atoms with E-state index in [2.05, 4.69) is 15.4 Å². The van der Waals surface area contributed by atoms with Crippen LogP contribution in [0.1, 0.15) is 23.4 Å². The Labute approximate surface area is 156 Å². The number of nitrogens with two attached hydrogens (primary N) is 1. The lowest BCUT2D eigenvalue weighted by Crippen LogP contribution is -2.39. The third kappa shape index (κ3) is 3.79. The minimum absolute atomic E-state index is 0.0654. The molecule has 0 saturated heterocycles. The molecule has 3 rings (SSSR count). The fourth-order valence-electron chi connectivity index (χ4n) is 3.10. The van der Waals surface area contributed by atoms with Crippen molar-refractivity contribution < 1.29 is 14.0 Å². The summed E-state index contributed by atoms with van der Waals surface area (Å²) in [7, 11) is 0. The highest BCUT2D eigenvalue weighted by molar-refractivity contribution is 6.44. The van der Waals surface area contributed by atoms with Gasteiger partial charge in [0.1, 0.15) is 17.6 Å². The SMILES string of the molecule is Cc1cc(C)c(NC(=O)C2=NN(c3ccc(F)cc3)C(C(N)=O)C2)c(C)n1. The largest absolute Gasteiger partial charge is 0.368 e. The molecule has 0 saturated carbocycles. The molecule has 1 aliphatic rings. The van der Waals surface area contributed by atoms with Crippen molar-refractivity contribution in [2.75, 3.05) is 10.3 Å². The van der Waals surface area contributed by atoms with Crippen LogP contribution in [0.25, 0.3) is 0 Å². The Morgan fingerprint density at radius 2 is 1.89 bits per heavy atom. The van der Waals surface area contributed by atoms with Gasteiger partial charge in [-0.25, -0.2) is 4.39 Å². The van der Waals surface area contributed by atoms with Crippen LogP contribution >= 0.6 is 0 Å². The number of hydrazone groups is 1. The molecule has 0 aliphatic carbocycles. The van der Waals surface area contributed by atoms with Crippen molar-refractivity contribution in [3.8, 4) is 0 Å². The fourth-order valence-corrected chi connectivity index (χ4v) is 3.10. The number of nitrogens with zero attached hydrogens (tertiary/aromatic N) is 3. The van der Waals surface area contributed by atoms with Crippen LogP contribution < -0.4 is 16.1 Å². The fraction of sp³-hybridized carbons (Fsp3) is 0.263. The lowest BCUT2D eigenvalue weighted by molar-refractivity contribution is -0.119. The van der Waals surface area contributed by atoms with Crippen LogP contribution in [-0.4, -0.2) is 28.6 Å². The van der Waals surface area contributed by atoms with Crippen molar-refractivity contribution in [2.24, 2.45) is 10.8 Å². The lowest BCUT2D eigenvalue weighted by atomic mass is 10.1. The summed E-state index contributed by atoms with van der Waals surface area (Å²) in [6.45, 7) is 5.57. The molecule has 2 amide bonds. The molecule has 1 aromatic heterocycles. The number of pyridine rings is 1. The number of rotatable bonds is 4. The molecular formula is C19H20FN5O2. The maximum atomic E-state index is 13.2. The Morgan fingerprint density at radius 1 is 1.22 bits per heavy atom. The highest BCUT2D eigenvalue weighted by Gasteiger charge is 2.35. The molecule has 0 spiro atoms. The Morgan fingerprint density at radius 3 is 2.48 bits per heavy atom. The summed E-state index contributed by atoms with van der Waals surface area (Å²) in [5, 5.41) is 8.43. The zero-order chi connectivity index (χ0) is 19.7. The Kier molecular flexibility index (Phi) is 4.89. The molecule has 1 aliphatic heterocycles. The molecular weight excluding hydrogens is 349 g/mol. The summed E-state index contributed by atoms with van der Waals surface area (Å²) >= 11 is 0. The number of hydrogen-bond donors (Lipinski definition) is 2. The Balaban J connectivity index is 1.87. The number of benzene rings is 1. The molecule has 0 radical (unpaired) electrons. The first-order valence-corrected chi connectivity index (χ1v) is 8.44. The summed E-state index contributed by atoms with van der Waals surface area (Å²) in [5.41, 5.74) is 9.17. The van der Waals surface area contributed by atoms with Crippen molar-refractivity contribution in [1.82, 2.24) is 4.98 Å². The predicted octanol–water partition coefficient (Wildman–Crippen LogP) is 2.20. The van der Waals surface area contributed by atoms with E-state index in [1.807, 2.05) is 26.8 Å². The van der Waals surface area contributed by atoms with Crippen LogP contribution in [0.5, 0.6) is 0 Å². The molecule has 8 heteroatoms. The van der Waals surface area contributed by atoms with Crippen molar-refractivity contribution in [1.29, 1.82) is 0 Å². The molecule has 1 aromatic carbocycles. The molecule has 3 N–H and O–H groups in total. The van der Waals surface area contributed by atoms with E-state index in [1.54, 1.807) is 0 Å². The van der Waals surface area contributed by atoms with Crippen molar-refractivity contribution in [2.45, 2.75) is 33.2 Å². The number of halogens is 1. The van der Waals surface area contributed by atoms with Gasteiger partial charge in [-0.2, -0.15) is 5.10 Å². The van der Waals surface area contributed by atoms with Gasteiger partial charge in [0.05, 0.1) is 17.1 Å². The minimum Gasteiger partial charge on any atom is -0.368 e.